The Bertz CT molecular complexity index is 672. The molecular formula is C13H9BrN2OS. The number of anilines is 1. The summed E-state index contributed by atoms with van der Waals surface area (Å²) in [5.41, 5.74) is 8.33. The molecule has 0 aliphatic heterocycles. The predicted molar refractivity (Wildman–Crippen MR) is 77.4 cm³/mol. The van der Waals surface area contributed by atoms with Crippen LogP contribution in [0.25, 0.3) is 22.0 Å². The molecule has 1 aromatic carbocycles. The fourth-order valence-corrected chi connectivity index (χ4v) is 2.72. The molecule has 2 N–H and O–H groups in total. The van der Waals surface area contributed by atoms with Crippen molar-refractivity contribution in [3.05, 3.63) is 46.4 Å². The van der Waals surface area contributed by atoms with Crippen LogP contribution in [-0.2, 0) is 0 Å². The summed E-state index contributed by atoms with van der Waals surface area (Å²) in [5, 5.41) is 2.94. The summed E-state index contributed by atoms with van der Waals surface area (Å²) in [5.74, 6) is 0.764. The van der Waals surface area contributed by atoms with Crippen LogP contribution in [0.5, 0.6) is 0 Å². The Balaban J connectivity index is 1.96. The van der Waals surface area contributed by atoms with Gasteiger partial charge in [0.2, 0.25) is 0 Å². The molecule has 0 aliphatic carbocycles. The van der Waals surface area contributed by atoms with Crippen molar-refractivity contribution in [1.29, 1.82) is 0 Å². The van der Waals surface area contributed by atoms with Crippen LogP contribution in [0.2, 0.25) is 0 Å². The van der Waals surface area contributed by atoms with Crippen LogP contribution in [0.1, 0.15) is 0 Å². The smallest absolute Gasteiger partial charge is 0.169 e. The second-order valence-corrected chi connectivity index (χ2v) is 5.40. The van der Waals surface area contributed by atoms with Gasteiger partial charge in [-0.3, -0.25) is 0 Å². The van der Waals surface area contributed by atoms with Crippen LogP contribution >= 0.6 is 27.3 Å². The molecule has 0 radical (unpaired) electrons. The molecule has 0 atom stereocenters. The molecule has 18 heavy (non-hydrogen) atoms. The first-order valence-corrected chi connectivity index (χ1v) is 6.97. The lowest BCUT2D eigenvalue weighted by Crippen LogP contribution is -1.83. The summed E-state index contributed by atoms with van der Waals surface area (Å²) in [6.07, 6.45) is 0. The van der Waals surface area contributed by atoms with Crippen molar-refractivity contribution < 1.29 is 4.42 Å². The predicted octanol–water partition coefficient (Wildman–Crippen LogP) is 4.41. The highest BCUT2D eigenvalue weighted by atomic mass is 79.9. The lowest BCUT2D eigenvalue weighted by molar-refractivity contribution is 0.554. The van der Waals surface area contributed by atoms with Crippen molar-refractivity contribution in [2.75, 3.05) is 5.73 Å². The molecule has 3 rings (SSSR count). The minimum atomic E-state index is 0.708. The van der Waals surface area contributed by atoms with Gasteiger partial charge in [-0.25, -0.2) is 4.98 Å². The van der Waals surface area contributed by atoms with Gasteiger partial charge < -0.3 is 10.2 Å². The summed E-state index contributed by atoms with van der Waals surface area (Å²) >= 11 is 4.87. The Morgan fingerprint density at radius 2 is 1.89 bits per heavy atom. The van der Waals surface area contributed by atoms with Crippen molar-refractivity contribution in [2.45, 2.75) is 0 Å². The maximum Gasteiger partial charge on any atom is 0.169 e. The summed E-state index contributed by atoms with van der Waals surface area (Å²) in [4.78, 5) is 4.56. The Labute approximate surface area is 116 Å². The van der Waals surface area contributed by atoms with Gasteiger partial charge in [0.05, 0.1) is 0 Å². The van der Waals surface area contributed by atoms with Gasteiger partial charge in [-0.2, -0.15) is 0 Å². The zero-order chi connectivity index (χ0) is 12.5. The maximum atomic E-state index is 5.67. The highest BCUT2D eigenvalue weighted by molar-refractivity contribution is 9.10. The average molecular weight is 321 g/mol. The van der Waals surface area contributed by atoms with E-state index in [1.807, 2.05) is 41.8 Å². The van der Waals surface area contributed by atoms with Crippen LogP contribution in [0.15, 0.2) is 50.9 Å². The molecule has 0 aliphatic rings. The summed E-state index contributed by atoms with van der Waals surface area (Å²) < 4.78 is 6.19. The van der Waals surface area contributed by atoms with Crippen LogP contribution in [-0.4, -0.2) is 4.98 Å². The minimum absolute atomic E-state index is 0.708. The van der Waals surface area contributed by atoms with E-state index < -0.39 is 0 Å². The third-order valence-corrected chi connectivity index (χ3v) is 3.81. The quantitative estimate of drug-likeness (QED) is 0.711. The van der Waals surface area contributed by atoms with Crippen LogP contribution < -0.4 is 5.73 Å². The number of thiazole rings is 1. The topological polar surface area (TPSA) is 52.0 Å². The Hall–Kier alpha value is -1.59. The lowest BCUT2D eigenvalue weighted by atomic mass is 10.2. The number of nitrogens with two attached hydrogens (primary N) is 1. The molecule has 2 aromatic heterocycles. The first-order chi connectivity index (χ1) is 8.72. The molecule has 0 spiro atoms. The molecule has 0 bridgehead atoms. The van der Waals surface area contributed by atoms with Gasteiger partial charge >= 0.3 is 0 Å². The standard InChI is InChI=1S/C13H9BrN2OS/c14-12-6-5-11(17-12)10-7-18-13(16-10)8-1-3-9(15)4-2-8/h1-7H,15H2. The molecule has 0 fully saturated rings. The first kappa shape index (κ1) is 11.5. The largest absolute Gasteiger partial charge is 0.448 e. The van der Waals surface area contributed by atoms with E-state index in [1.54, 1.807) is 11.3 Å². The number of furan rings is 1. The number of benzene rings is 1. The molecule has 0 unspecified atom stereocenters. The lowest BCUT2D eigenvalue weighted by Gasteiger charge is -1.96. The molecule has 2 heterocycles. The van der Waals surface area contributed by atoms with E-state index in [0.717, 1.165) is 27.7 Å². The van der Waals surface area contributed by atoms with E-state index >= 15 is 0 Å². The number of aromatic nitrogens is 1. The van der Waals surface area contributed by atoms with E-state index in [4.69, 9.17) is 10.2 Å². The third-order valence-electron chi connectivity index (χ3n) is 2.49. The average Bonchev–Trinajstić information content (AvgIpc) is 2.98. The fraction of sp³-hybridized carbons (Fsp3) is 0. The van der Waals surface area contributed by atoms with Gasteiger partial charge in [0.25, 0.3) is 0 Å². The third kappa shape index (κ3) is 2.19. The van der Waals surface area contributed by atoms with E-state index in [2.05, 4.69) is 20.9 Å². The van der Waals surface area contributed by atoms with E-state index in [9.17, 15) is 0 Å². The van der Waals surface area contributed by atoms with Gasteiger partial charge in [0, 0.05) is 16.6 Å². The Kier molecular flexibility index (Phi) is 2.93. The number of halogens is 1. The molecular weight excluding hydrogens is 312 g/mol. The summed E-state index contributed by atoms with van der Waals surface area (Å²) in [7, 11) is 0. The van der Waals surface area contributed by atoms with Gasteiger partial charge in [0.15, 0.2) is 10.4 Å². The van der Waals surface area contributed by atoms with Gasteiger partial charge in [-0.05, 0) is 52.3 Å². The zero-order valence-corrected chi connectivity index (χ0v) is 11.7. The Morgan fingerprint density at radius 1 is 1.11 bits per heavy atom. The van der Waals surface area contributed by atoms with Crippen molar-refractivity contribution >= 4 is 33.0 Å². The number of rotatable bonds is 2. The maximum absolute atomic E-state index is 5.67. The normalized spacial score (nSPS) is 10.7. The molecule has 90 valence electrons. The van der Waals surface area contributed by atoms with Crippen molar-refractivity contribution in [3.8, 4) is 22.0 Å². The van der Waals surface area contributed by atoms with E-state index in [0.29, 0.717) is 4.67 Å². The first-order valence-electron chi connectivity index (χ1n) is 5.29. The van der Waals surface area contributed by atoms with Gasteiger partial charge in [-0.1, -0.05) is 0 Å². The molecule has 3 nitrogen and oxygen atoms in total. The Morgan fingerprint density at radius 3 is 2.56 bits per heavy atom. The zero-order valence-electron chi connectivity index (χ0n) is 9.26. The van der Waals surface area contributed by atoms with E-state index in [-0.39, 0.29) is 0 Å². The molecule has 3 aromatic rings. The molecule has 5 heteroatoms. The molecule has 0 saturated heterocycles. The monoisotopic (exact) mass is 320 g/mol. The van der Waals surface area contributed by atoms with Crippen LogP contribution in [0, 0.1) is 0 Å². The van der Waals surface area contributed by atoms with Gasteiger partial charge in [0.1, 0.15) is 10.7 Å². The molecule has 0 amide bonds. The van der Waals surface area contributed by atoms with Crippen molar-refractivity contribution in [2.24, 2.45) is 0 Å². The van der Waals surface area contributed by atoms with Crippen LogP contribution in [0.3, 0.4) is 0 Å². The summed E-state index contributed by atoms with van der Waals surface area (Å²) in [6, 6.07) is 11.4. The highest BCUT2D eigenvalue weighted by Gasteiger charge is 2.09. The minimum Gasteiger partial charge on any atom is -0.448 e. The van der Waals surface area contributed by atoms with E-state index in [1.165, 1.54) is 0 Å². The molecule has 0 saturated carbocycles. The highest BCUT2D eigenvalue weighted by Crippen LogP contribution is 2.31. The summed E-state index contributed by atoms with van der Waals surface area (Å²) in [6.45, 7) is 0. The number of hydrogen-bond donors (Lipinski definition) is 1. The second-order valence-electron chi connectivity index (χ2n) is 3.76. The van der Waals surface area contributed by atoms with Crippen LogP contribution in [0.4, 0.5) is 5.69 Å². The number of nitrogen functional groups attached to an aromatic ring is 1. The SMILES string of the molecule is Nc1ccc(-c2nc(-c3ccc(Br)o3)cs2)cc1. The number of hydrogen-bond acceptors (Lipinski definition) is 4. The second kappa shape index (κ2) is 4.59. The number of nitrogens with zero attached hydrogens (tertiary/aromatic N) is 1. The van der Waals surface area contributed by atoms with Crippen molar-refractivity contribution in [3.63, 3.8) is 0 Å². The van der Waals surface area contributed by atoms with Gasteiger partial charge in [-0.15, -0.1) is 11.3 Å². The fourth-order valence-electron chi connectivity index (χ4n) is 1.60. The van der Waals surface area contributed by atoms with Crippen molar-refractivity contribution in [1.82, 2.24) is 4.98 Å².